The highest BCUT2D eigenvalue weighted by Gasteiger charge is 2.11. The van der Waals surface area contributed by atoms with E-state index < -0.39 is 5.97 Å². The number of carboxylic acid groups (broad SMARTS) is 1. The van der Waals surface area contributed by atoms with Crippen LogP contribution in [-0.2, 0) is 4.79 Å². The second kappa shape index (κ2) is 8.23. The van der Waals surface area contributed by atoms with E-state index in [-0.39, 0.29) is 5.57 Å². The van der Waals surface area contributed by atoms with Crippen LogP contribution in [0.25, 0.3) is 11.6 Å². The quantitative estimate of drug-likeness (QED) is 0.471. The third-order valence-electron chi connectivity index (χ3n) is 4.05. The Balaban J connectivity index is 1.82. The van der Waals surface area contributed by atoms with Gasteiger partial charge in [0.2, 0.25) is 0 Å². The molecule has 0 aliphatic rings. The van der Waals surface area contributed by atoms with Gasteiger partial charge in [-0.05, 0) is 66.1 Å². The minimum atomic E-state index is -0.986. The SMILES string of the molecule is COc1ccc(/C(=C\c2ccc(Oc3cccc(C)c3)cc2)C(=O)O)cc1. The summed E-state index contributed by atoms with van der Waals surface area (Å²) in [6.45, 7) is 2.01. The van der Waals surface area contributed by atoms with Crippen LogP contribution in [0.15, 0.2) is 72.8 Å². The van der Waals surface area contributed by atoms with Crippen molar-refractivity contribution in [2.75, 3.05) is 7.11 Å². The molecule has 0 atom stereocenters. The number of hydrogen-bond donors (Lipinski definition) is 1. The molecule has 0 radical (unpaired) electrons. The highest BCUT2D eigenvalue weighted by atomic mass is 16.5. The molecular weight excluding hydrogens is 340 g/mol. The van der Waals surface area contributed by atoms with Crippen LogP contribution in [-0.4, -0.2) is 18.2 Å². The number of benzene rings is 3. The van der Waals surface area contributed by atoms with Crippen LogP contribution in [0.1, 0.15) is 16.7 Å². The topological polar surface area (TPSA) is 55.8 Å². The van der Waals surface area contributed by atoms with Crippen molar-refractivity contribution < 1.29 is 19.4 Å². The van der Waals surface area contributed by atoms with Gasteiger partial charge < -0.3 is 14.6 Å². The van der Waals surface area contributed by atoms with Crippen LogP contribution in [0.2, 0.25) is 0 Å². The van der Waals surface area contributed by atoms with Crippen molar-refractivity contribution in [2.45, 2.75) is 6.92 Å². The van der Waals surface area contributed by atoms with E-state index >= 15 is 0 Å². The summed E-state index contributed by atoms with van der Waals surface area (Å²) in [6, 6.07) is 22.0. The van der Waals surface area contributed by atoms with E-state index in [0.29, 0.717) is 17.1 Å². The molecule has 0 aromatic heterocycles. The Morgan fingerprint density at radius 2 is 1.56 bits per heavy atom. The first-order valence-electron chi connectivity index (χ1n) is 8.49. The number of aliphatic carboxylic acids is 1. The summed E-state index contributed by atoms with van der Waals surface area (Å²) in [5.74, 6) is 1.16. The third kappa shape index (κ3) is 4.76. The first kappa shape index (κ1) is 18.3. The van der Waals surface area contributed by atoms with Gasteiger partial charge in [0.05, 0.1) is 12.7 Å². The van der Waals surface area contributed by atoms with Gasteiger partial charge in [0, 0.05) is 0 Å². The van der Waals surface area contributed by atoms with E-state index in [9.17, 15) is 9.90 Å². The zero-order valence-corrected chi connectivity index (χ0v) is 15.2. The van der Waals surface area contributed by atoms with Crippen molar-refractivity contribution in [2.24, 2.45) is 0 Å². The van der Waals surface area contributed by atoms with Crippen LogP contribution in [0.4, 0.5) is 0 Å². The molecule has 0 amide bonds. The fourth-order valence-electron chi connectivity index (χ4n) is 2.65. The zero-order valence-electron chi connectivity index (χ0n) is 15.2. The average Bonchev–Trinajstić information content (AvgIpc) is 2.67. The van der Waals surface area contributed by atoms with Gasteiger partial charge in [0.15, 0.2) is 0 Å². The number of methoxy groups -OCH3 is 1. The average molecular weight is 360 g/mol. The second-order valence-electron chi connectivity index (χ2n) is 6.08. The molecule has 0 fully saturated rings. The molecule has 27 heavy (non-hydrogen) atoms. The van der Waals surface area contributed by atoms with E-state index in [4.69, 9.17) is 9.47 Å². The Morgan fingerprint density at radius 3 is 2.15 bits per heavy atom. The molecule has 0 saturated heterocycles. The number of carbonyl (C=O) groups is 1. The maximum absolute atomic E-state index is 11.7. The Morgan fingerprint density at radius 1 is 0.889 bits per heavy atom. The summed E-state index contributed by atoms with van der Waals surface area (Å²) >= 11 is 0. The van der Waals surface area contributed by atoms with Crippen LogP contribution >= 0.6 is 0 Å². The van der Waals surface area contributed by atoms with Gasteiger partial charge in [0.1, 0.15) is 17.2 Å². The highest BCUT2D eigenvalue weighted by Crippen LogP contribution is 2.25. The molecule has 0 aliphatic carbocycles. The molecule has 0 saturated carbocycles. The molecule has 0 unspecified atom stereocenters. The summed E-state index contributed by atoms with van der Waals surface area (Å²) in [4.78, 5) is 11.7. The zero-order chi connectivity index (χ0) is 19.2. The summed E-state index contributed by atoms with van der Waals surface area (Å²) in [7, 11) is 1.57. The van der Waals surface area contributed by atoms with Crippen molar-refractivity contribution in [1.29, 1.82) is 0 Å². The van der Waals surface area contributed by atoms with E-state index in [2.05, 4.69) is 0 Å². The van der Waals surface area contributed by atoms with Crippen molar-refractivity contribution in [3.63, 3.8) is 0 Å². The summed E-state index contributed by atoms with van der Waals surface area (Å²) in [6.07, 6.45) is 1.64. The molecule has 1 N–H and O–H groups in total. The number of carboxylic acids is 1. The normalized spacial score (nSPS) is 11.1. The van der Waals surface area contributed by atoms with Crippen LogP contribution in [0.5, 0.6) is 17.2 Å². The van der Waals surface area contributed by atoms with Gasteiger partial charge in [-0.15, -0.1) is 0 Å². The van der Waals surface area contributed by atoms with E-state index in [1.807, 2.05) is 55.5 Å². The molecule has 0 aliphatic heterocycles. The van der Waals surface area contributed by atoms with E-state index in [1.54, 1.807) is 37.5 Å². The van der Waals surface area contributed by atoms with Gasteiger partial charge in [-0.2, -0.15) is 0 Å². The molecule has 3 aromatic carbocycles. The first-order valence-corrected chi connectivity index (χ1v) is 8.49. The van der Waals surface area contributed by atoms with Crippen LogP contribution in [0.3, 0.4) is 0 Å². The number of hydrogen-bond acceptors (Lipinski definition) is 3. The Hall–Kier alpha value is -3.53. The lowest BCUT2D eigenvalue weighted by Crippen LogP contribution is -1.99. The lowest BCUT2D eigenvalue weighted by atomic mass is 10.0. The van der Waals surface area contributed by atoms with Gasteiger partial charge in [-0.1, -0.05) is 36.4 Å². The monoisotopic (exact) mass is 360 g/mol. The molecule has 0 bridgehead atoms. The third-order valence-corrected chi connectivity index (χ3v) is 4.05. The number of ether oxygens (including phenoxy) is 2. The van der Waals surface area contributed by atoms with Crippen molar-refractivity contribution in [3.8, 4) is 17.2 Å². The highest BCUT2D eigenvalue weighted by molar-refractivity contribution is 6.20. The van der Waals surface area contributed by atoms with Gasteiger partial charge in [0.25, 0.3) is 0 Å². The Labute approximate surface area is 158 Å². The summed E-state index contributed by atoms with van der Waals surface area (Å²) in [5.41, 5.74) is 2.73. The maximum atomic E-state index is 11.7. The number of rotatable bonds is 6. The predicted molar refractivity (Wildman–Crippen MR) is 106 cm³/mol. The molecule has 0 spiro atoms. The molecule has 3 aromatic rings. The Kier molecular flexibility index (Phi) is 5.57. The lowest BCUT2D eigenvalue weighted by Gasteiger charge is -2.08. The maximum Gasteiger partial charge on any atom is 0.336 e. The largest absolute Gasteiger partial charge is 0.497 e. The van der Waals surface area contributed by atoms with E-state index in [1.165, 1.54) is 0 Å². The first-order chi connectivity index (χ1) is 13.0. The van der Waals surface area contributed by atoms with Gasteiger partial charge in [-0.25, -0.2) is 4.79 Å². The minimum Gasteiger partial charge on any atom is -0.497 e. The Bertz CT molecular complexity index is 954. The molecule has 4 nitrogen and oxygen atoms in total. The summed E-state index contributed by atoms with van der Waals surface area (Å²) in [5, 5.41) is 9.57. The van der Waals surface area contributed by atoms with Crippen molar-refractivity contribution in [1.82, 2.24) is 0 Å². The van der Waals surface area contributed by atoms with Crippen molar-refractivity contribution >= 4 is 17.6 Å². The van der Waals surface area contributed by atoms with E-state index in [0.717, 1.165) is 16.9 Å². The summed E-state index contributed by atoms with van der Waals surface area (Å²) < 4.78 is 10.9. The molecule has 136 valence electrons. The van der Waals surface area contributed by atoms with Crippen molar-refractivity contribution in [3.05, 3.63) is 89.5 Å². The fourth-order valence-corrected chi connectivity index (χ4v) is 2.65. The molecule has 3 rings (SSSR count). The van der Waals surface area contributed by atoms with Crippen LogP contribution in [0, 0.1) is 6.92 Å². The fraction of sp³-hybridized carbons (Fsp3) is 0.0870. The standard InChI is InChI=1S/C23H20O4/c1-16-4-3-5-21(14-16)27-20-10-6-17(7-11-20)15-22(23(24)25)18-8-12-19(26-2)13-9-18/h3-15H,1-2H3,(H,24,25)/b22-15+. The molecular formula is C23H20O4. The number of aryl methyl sites for hydroxylation is 1. The second-order valence-corrected chi connectivity index (χ2v) is 6.08. The smallest absolute Gasteiger partial charge is 0.336 e. The molecule has 4 heteroatoms. The van der Waals surface area contributed by atoms with Crippen LogP contribution < -0.4 is 9.47 Å². The lowest BCUT2D eigenvalue weighted by molar-refractivity contribution is -0.130. The van der Waals surface area contributed by atoms with Gasteiger partial charge >= 0.3 is 5.97 Å². The predicted octanol–water partition coefficient (Wildman–Crippen LogP) is 5.42. The van der Waals surface area contributed by atoms with Gasteiger partial charge in [-0.3, -0.25) is 0 Å². The molecule has 0 heterocycles. The minimum absolute atomic E-state index is 0.213.